The number of nitrogens with one attached hydrogen (secondary N) is 1. The first-order valence-corrected chi connectivity index (χ1v) is 8.87. The molecule has 2 aromatic rings. The van der Waals surface area contributed by atoms with E-state index in [4.69, 9.17) is 4.74 Å². The second kappa shape index (κ2) is 8.18. The zero-order valence-electron chi connectivity index (χ0n) is 15.3. The van der Waals surface area contributed by atoms with Gasteiger partial charge >= 0.3 is 5.69 Å². The first-order valence-electron chi connectivity index (χ1n) is 8.87. The lowest BCUT2D eigenvalue weighted by molar-refractivity contribution is 0.247. The third-order valence-electron chi connectivity index (χ3n) is 4.70. The maximum absolute atomic E-state index is 11.7. The van der Waals surface area contributed by atoms with E-state index in [1.54, 1.807) is 14.0 Å². The number of nitrogens with zero attached hydrogens (tertiary/aromatic N) is 4. The van der Waals surface area contributed by atoms with E-state index in [0.717, 1.165) is 50.6 Å². The molecule has 8 heteroatoms. The predicted octanol–water partition coefficient (Wildman–Crippen LogP) is 0.461. The number of rotatable bonds is 6. The van der Waals surface area contributed by atoms with Crippen molar-refractivity contribution in [1.29, 1.82) is 0 Å². The fraction of sp³-hybridized carbons (Fsp3) is 0.500. The van der Waals surface area contributed by atoms with Gasteiger partial charge in [0.15, 0.2) is 0 Å². The third kappa shape index (κ3) is 4.13. The number of aromatic amines is 1. The molecule has 3 rings (SSSR count). The molecule has 8 nitrogen and oxygen atoms in total. The second-order valence-corrected chi connectivity index (χ2v) is 6.42. The molecular weight excluding hydrogens is 334 g/mol. The molecule has 0 spiro atoms. The Morgan fingerprint density at radius 3 is 2.58 bits per heavy atom. The minimum atomic E-state index is -0.443. The normalized spacial score (nSPS) is 15.2. The number of anilines is 1. The number of piperazine rings is 1. The highest BCUT2D eigenvalue weighted by atomic mass is 16.5. The summed E-state index contributed by atoms with van der Waals surface area (Å²) >= 11 is 0. The average Bonchev–Trinajstić information content (AvgIpc) is 2.66. The minimum absolute atomic E-state index is 0.315. The number of hydrogen-bond donors (Lipinski definition) is 1. The molecule has 0 unspecified atom stereocenters. The summed E-state index contributed by atoms with van der Waals surface area (Å²) in [7, 11) is 1.70. The van der Waals surface area contributed by atoms with Crippen LogP contribution in [0, 0.1) is 6.92 Å². The maximum atomic E-state index is 11.7. The summed E-state index contributed by atoms with van der Waals surface area (Å²) in [6.45, 7) is 6.81. The molecule has 0 radical (unpaired) electrons. The van der Waals surface area contributed by atoms with Crippen molar-refractivity contribution in [2.75, 3.05) is 44.7 Å². The Morgan fingerprint density at radius 1 is 1.12 bits per heavy atom. The molecule has 0 saturated carbocycles. The van der Waals surface area contributed by atoms with Crippen molar-refractivity contribution < 1.29 is 4.74 Å². The third-order valence-corrected chi connectivity index (χ3v) is 4.70. The topological polar surface area (TPSA) is 83.5 Å². The quantitative estimate of drug-likeness (QED) is 0.807. The van der Waals surface area contributed by atoms with Gasteiger partial charge in [0.2, 0.25) is 0 Å². The first kappa shape index (κ1) is 18.2. The first-order chi connectivity index (χ1) is 12.6. The van der Waals surface area contributed by atoms with Crippen molar-refractivity contribution in [3.63, 3.8) is 0 Å². The van der Waals surface area contributed by atoms with Gasteiger partial charge in [-0.15, -0.1) is 0 Å². The SMILES string of the molecule is COc1ccccc1N1CCN(CCCn2nc(C)c(=O)[nH]c2=O)CC1. The molecule has 140 valence electrons. The molecule has 1 fully saturated rings. The van der Waals surface area contributed by atoms with Crippen molar-refractivity contribution >= 4 is 5.69 Å². The van der Waals surface area contributed by atoms with Crippen LogP contribution in [0.15, 0.2) is 33.9 Å². The number of aryl methyl sites for hydroxylation is 2. The summed E-state index contributed by atoms with van der Waals surface area (Å²) in [6, 6.07) is 8.08. The second-order valence-electron chi connectivity index (χ2n) is 6.42. The maximum Gasteiger partial charge on any atom is 0.344 e. The van der Waals surface area contributed by atoms with Gasteiger partial charge in [-0.1, -0.05) is 12.1 Å². The van der Waals surface area contributed by atoms with Crippen molar-refractivity contribution in [3.8, 4) is 5.75 Å². The standard InChI is InChI=1S/C18H25N5O3/c1-14-17(24)19-18(25)23(20-14)9-5-8-21-10-12-22(13-11-21)15-6-3-4-7-16(15)26-2/h3-4,6-7H,5,8-13H2,1-2H3,(H,19,24,25). The molecule has 0 aliphatic carbocycles. The van der Waals surface area contributed by atoms with Gasteiger partial charge in [-0.3, -0.25) is 14.7 Å². The van der Waals surface area contributed by atoms with Gasteiger partial charge in [0.25, 0.3) is 5.56 Å². The van der Waals surface area contributed by atoms with Crippen LogP contribution in [0.3, 0.4) is 0 Å². The lowest BCUT2D eigenvalue weighted by Gasteiger charge is -2.36. The van der Waals surface area contributed by atoms with E-state index in [9.17, 15) is 9.59 Å². The number of hydrogen-bond acceptors (Lipinski definition) is 6. The molecule has 0 amide bonds. The van der Waals surface area contributed by atoms with E-state index in [0.29, 0.717) is 12.2 Å². The smallest absolute Gasteiger partial charge is 0.344 e. The molecule has 1 aliphatic heterocycles. The fourth-order valence-corrected chi connectivity index (χ4v) is 3.22. The van der Waals surface area contributed by atoms with Crippen molar-refractivity contribution in [1.82, 2.24) is 19.7 Å². The van der Waals surface area contributed by atoms with Gasteiger partial charge in [-0.05, 0) is 25.5 Å². The Morgan fingerprint density at radius 2 is 1.85 bits per heavy atom. The highest BCUT2D eigenvalue weighted by molar-refractivity contribution is 5.58. The van der Waals surface area contributed by atoms with E-state index in [1.165, 1.54) is 4.68 Å². The lowest BCUT2D eigenvalue weighted by Crippen LogP contribution is -2.47. The summed E-state index contributed by atoms with van der Waals surface area (Å²) < 4.78 is 6.78. The van der Waals surface area contributed by atoms with Crippen LogP contribution in [0.4, 0.5) is 5.69 Å². The van der Waals surface area contributed by atoms with Gasteiger partial charge in [0.1, 0.15) is 11.4 Å². The average molecular weight is 359 g/mol. The zero-order chi connectivity index (χ0) is 18.5. The molecule has 0 atom stereocenters. The van der Waals surface area contributed by atoms with E-state index in [2.05, 4.69) is 25.9 Å². The summed E-state index contributed by atoms with van der Waals surface area (Å²) in [6.07, 6.45) is 0.813. The molecular formula is C18H25N5O3. The highest BCUT2D eigenvalue weighted by Gasteiger charge is 2.19. The van der Waals surface area contributed by atoms with Crippen LogP contribution in [0.5, 0.6) is 5.75 Å². The minimum Gasteiger partial charge on any atom is -0.495 e. The Bertz CT molecular complexity index is 852. The van der Waals surface area contributed by atoms with Crippen LogP contribution in [-0.4, -0.2) is 59.5 Å². The van der Waals surface area contributed by atoms with Crippen molar-refractivity contribution in [2.45, 2.75) is 19.9 Å². The molecule has 1 saturated heterocycles. The summed E-state index contributed by atoms with van der Waals surface area (Å²) in [5, 5.41) is 4.05. The van der Waals surface area contributed by atoms with E-state index < -0.39 is 11.2 Å². The predicted molar refractivity (Wildman–Crippen MR) is 100 cm³/mol. The van der Waals surface area contributed by atoms with Crippen LogP contribution in [0.1, 0.15) is 12.1 Å². The van der Waals surface area contributed by atoms with Crippen LogP contribution in [0.25, 0.3) is 0 Å². The summed E-state index contributed by atoms with van der Waals surface area (Å²) in [5.74, 6) is 0.903. The van der Waals surface area contributed by atoms with E-state index in [-0.39, 0.29) is 0 Å². The molecule has 1 aromatic heterocycles. The number of para-hydroxylation sites is 2. The monoisotopic (exact) mass is 359 g/mol. The molecule has 0 bridgehead atoms. The zero-order valence-corrected chi connectivity index (χ0v) is 15.3. The van der Waals surface area contributed by atoms with Gasteiger partial charge in [-0.25, -0.2) is 9.48 Å². The molecule has 1 N–H and O–H groups in total. The Labute approximate surface area is 152 Å². The fourth-order valence-electron chi connectivity index (χ4n) is 3.22. The molecule has 26 heavy (non-hydrogen) atoms. The van der Waals surface area contributed by atoms with Gasteiger partial charge < -0.3 is 9.64 Å². The van der Waals surface area contributed by atoms with Crippen LogP contribution in [-0.2, 0) is 6.54 Å². The van der Waals surface area contributed by atoms with E-state index >= 15 is 0 Å². The Kier molecular flexibility index (Phi) is 5.72. The Balaban J connectivity index is 1.50. The molecule has 1 aliphatic rings. The highest BCUT2D eigenvalue weighted by Crippen LogP contribution is 2.28. The number of methoxy groups -OCH3 is 1. The number of H-pyrrole nitrogens is 1. The summed E-state index contributed by atoms with van der Waals surface area (Å²) in [5.41, 5.74) is 0.587. The molecule has 1 aromatic carbocycles. The number of benzene rings is 1. The van der Waals surface area contributed by atoms with Gasteiger partial charge in [0.05, 0.1) is 12.8 Å². The molecule has 2 heterocycles. The van der Waals surface area contributed by atoms with Gasteiger partial charge in [-0.2, -0.15) is 5.10 Å². The Hall–Kier alpha value is -2.61. The van der Waals surface area contributed by atoms with Gasteiger partial charge in [0, 0.05) is 39.3 Å². The van der Waals surface area contributed by atoms with Crippen LogP contribution < -0.4 is 20.9 Å². The van der Waals surface area contributed by atoms with Crippen molar-refractivity contribution in [2.24, 2.45) is 0 Å². The summed E-state index contributed by atoms with van der Waals surface area (Å²) in [4.78, 5) is 30.1. The van der Waals surface area contributed by atoms with Crippen LogP contribution >= 0.6 is 0 Å². The lowest BCUT2D eigenvalue weighted by atomic mass is 10.2. The van der Waals surface area contributed by atoms with Crippen molar-refractivity contribution in [3.05, 3.63) is 50.8 Å². The number of aromatic nitrogens is 3. The van der Waals surface area contributed by atoms with E-state index in [1.807, 2.05) is 18.2 Å². The van der Waals surface area contributed by atoms with Crippen LogP contribution in [0.2, 0.25) is 0 Å². The number of ether oxygens (including phenoxy) is 1. The largest absolute Gasteiger partial charge is 0.495 e.